The highest BCUT2D eigenvalue weighted by atomic mass is 16.5. The van der Waals surface area contributed by atoms with E-state index in [1.165, 1.54) is 7.11 Å². The molecule has 31 heavy (non-hydrogen) atoms. The SMILES string of the molecule is COC(=O)c1cccn1C1CCN(C(=O)CN2C(=O)NC3(CCC(C)CC3)C2=O)CC1. The van der Waals surface area contributed by atoms with Gasteiger partial charge in [-0.25, -0.2) is 9.59 Å². The van der Waals surface area contributed by atoms with Crippen LogP contribution in [0.4, 0.5) is 4.79 Å². The van der Waals surface area contributed by atoms with Gasteiger partial charge < -0.3 is 19.5 Å². The molecule has 3 heterocycles. The molecule has 0 unspecified atom stereocenters. The Morgan fingerprint density at radius 3 is 2.48 bits per heavy atom. The molecule has 168 valence electrons. The number of esters is 1. The van der Waals surface area contributed by atoms with Gasteiger partial charge in [-0.15, -0.1) is 0 Å². The third kappa shape index (κ3) is 3.93. The Hall–Kier alpha value is -2.84. The zero-order chi connectivity index (χ0) is 22.2. The van der Waals surface area contributed by atoms with Crippen molar-refractivity contribution in [3.05, 3.63) is 24.0 Å². The maximum atomic E-state index is 13.0. The molecular formula is C22H30N4O5. The van der Waals surface area contributed by atoms with Crippen molar-refractivity contribution >= 4 is 23.8 Å². The molecule has 4 amide bonds. The van der Waals surface area contributed by atoms with Crippen LogP contribution in [0.1, 0.15) is 62.0 Å². The Balaban J connectivity index is 1.34. The third-order valence-electron chi connectivity index (χ3n) is 7.05. The summed E-state index contributed by atoms with van der Waals surface area (Å²) >= 11 is 0. The number of piperidine rings is 1. The van der Waals surface area contributed by atoms with Crippen molar-refractivity contribution in [2.24, 2.45) is 5.92 Å². The van der Waals surface area contributed by atoms with Crippen molar-refractivity contribution in [1.29, 1.82) is 0 Å². The summed E-state index contributed by atoms with van der Waals surface area (Å²) in [6, 6.07) is 3.17. The molecule has 4 rings (SSSR count). The highest BCUT2D eigenvalue weighted by Gasteiger charge is 2.52. The molecule has 2 aliphatic heterocycles. The van der Waals surface area contributed by atoms with Crippen molar-refractivity contribution in [2.75, 3.05) is 26.7 Å². The molecule has 1 aromatic heterocycles. The number of carbonyl (C=O) groups excluding carboxylic acids is 4. The lowest BCUT2D eigenvalue weighted by Crippen LogP contribution is -2.50. The minimum Gasteiger partial charge on any atom is -0.464 e. The fourth-order valence-electron chi connectivity index (χ4n) is 5.03. The van der Waals surface area contributed by atoms with Gasteiger partial charge in [0.2, 0.25) is 5.91 Å². The average molecular weight is 431 g/mol. The Morgan fingerprint density at radius 1 is 1.16 bits per heavy atom. The van der Waals surface area contributed by atoms with Gasteiger partial charge in [0.15, 0.2) is 0 Å². The standard InChI is InChI=1S/C22H30N4O5/c1-15-5-9-22(10-6-15)20(29)26(21(30)23-22)14-18(27)24-12-7-16(8-13-24)25-11-3-4-17(25)19(28)31-2/h3-4,11,15-16H,5-10,12-14H2,1-2H3,(H,23,30). The molecule has 0 aromatic carbocycles. The van der Waals surface area contributed by atoms with E-state index in [1.807, 2.05) is 16.8 Å². The monoisotopic (exact) mass is 430 g/mol. The summed E-state index contributed by atoms with van der Waals surface area (Å²) < 4.78 is 6.74. The van der Waals surface area contributed by atoms with Crippen molar-refractivity contribution in [3.63, 3.8) is 0 Å². The lowest BCUT2D eigenvalue weighted by molar-refractivity contribution is -0.140. The third-order valence-corrected chi connectivity index (χ3v) is 7.05. The summed E-state index contributed by atoms with van der Waals surface area (Å²) in [4.78, 5) is 53.0. The van der Waals surface area contributed by atoms with Crippen LogP contribution in [0.2, 0.25) is 0 Å². The Kier molecular flexibility index (Phi) is 5.77. The van der Waals surface area contributed by atoms with Gasteiger partial charge in [-0.3, -0.25) is 14.5 Å². The first-order chi connectivity index (χ1) is 14.8. The zero-order valence-electron chi connectivity index (χ0n) is 18.1. The van der Waals surface area contributed by atoms with Gasteiger partial charge in [0.1, 0.15) is 17.8 Å². The van der Waals surface area contributed by atoms with Crippen molar-refractivity contribution in [2.45, 2.75) is 57.0 Å². The van der Waals surface area contributed by atoms with E-state index in [9.17, 15) is 19.2 Å². The van der Waals surface area contributed by atoms with E-state index in [1.54, 1.807) is 11.0 Å². The van der Waals surface area contributed by atoms with E-state index in [0.717, 1.165) is 17.7 Å². The van der Waals surface area contributed by atoms with Crippen LogP contribution in [0.3, 0.4) is 0 Å². The van der Waals surface area contributed by atoms with Gasteiger partial charge in [0.05, 0.1) is 7.11 Å². The van der Waals surface area contributed by atoms with Crippen molar-refractivity contribution < 1.29 is 23.9 Å². The minimum atomic E-state index is -0.824. The second kappa shape index (κ2) is 8.36. The van der Waals surface area contributed by atoms with Gasteiger partial charge in [-0.1, -0.05) is 6.92 Å². The number of methoxy groups -OCH3 is 1. The summed E-state index contributed by atoms with van der Waals surface area (Å²) in [6.45, 7) is 2.95. The summed E-state index contributed by atoms with van der Waals surface area (Å²) in [5, 5.41) is 2.87. The molecule has 0 radical (unpaired) electrons. The molecule has 3 fully saturated rings. The van der Waals surface area contributed by atoms with E-state index in [2.05, 4.69) is 12.2 Å². The number of urea groups is 1. The predicted octanol–water partition coefficient (Wildman–Crippen LogP) is 1.94. The van der Waals surface area contributed by atoms with Gasteiger partial charge in [0, 0.05) is 25.3 Å². The van der Waals surface area contributed by atoms with Crippen LogP contribution in [-0.4, -0.2) is 70.5 Å². The summed E-state index contributed by atoms with van der Waals surface area (Å²) in [5.74, 6) is -0.313. The number of aromatic nitrogens is 1. The van der Waals surface area contributed by atoms with Crippen LogP contribution in [-0.2, 0) is 14.3 Å². The quantitative estimate of drug-likeness (QED) is 0.581. The molecule has 3 aliphatic rings. The largest absolute Gasteiger partial charge is 0.464 e. The van der Waals surface area contributed by atoms with Crippen LogP contribution in [0.15, 0.2) is 18.3 Å². The number of nitrogens with one attached hydrogen (secondary N) is 1. The van der Waals surface area contributed by atoms with E-state index < -0.39 is 11.6 Å². The van der Waals surface area contributed by atoms with Gasteiger partial charge in [0.25, 0.3) is 5.91 Å². The van der Waals surface area contributed by atoms with Crippen molar-refractivity contribution in [3.8, 4) is 0 Å². The molecule has 1 aromatic rings. The normalized spacial score (nSPS) is 27.0. The molecule has 1 spiro atoms. The van der Waals surface area contributed by atoms with Crippen LogP contribution < -0.4 is 5.32 Å². The zero-order valence-corrected chi connectivity index (χ0v) is 18.1. The van der Waals surface area contributed by atoms with E-state index in [-0.39, 0.29) is 30.4 Å². The van der Waals surface area contributed by atoms with Crippen LogP contribution in [0.5, 0.6) is 0 Å². The maximum Gasteiger partial charge on any atom is 0.354 e. The number of rotatable bonds is 4. The number of hydrogen-bond acceptors (Lipinski definition) is 5. The van der Waals surface area contributed by atoms with Crippen LogP contribution in [0, 0.1) is 5.92 Å². The number of hydrogen-bond donors (Lipinski definition) is 1. The number of carbonyl (C=O) groups is 4. The fraction of sp³-hybridized carbons (Fsp3) is 0.636. The Morgan fingerprint density at radius 2 is 1.84 bits per heavy atom. The lowest BCUT2D eigenvalue weighted by Gasteiger charge is -2.35. The molecule has 1 aliphatic carbocycles. The Bertz CT molecular complexity index is 878. The van der Waals surface area contributed by atoms with Crippen LogP contribution in [0.25, 0.3) is 0 Å². The summed E-state index contributed by atoms with van der Waals surface area (Å²) in [5.41, 5.74) is -0.325. The maximum absolute atomic E-state index is 13.0. The predicted molar refractivity (Wildman–Crippen MR) is 111 cm³/mol. The number of amides is 4. The van der Waals surface area contributed by atoms with E-state index in [0.29, 0.717) is 50.4 Å². The number of imide groups is 1. The smallest absolute Gasteiger partial charge is 0.354 e. The fourth-order valence-corrected chi connectivity index (χ4v) is 5.03. The first kappa shape index (κ1) is 21.4. The number of ether oxygens (including phenoxy) is 1. The number of likely N-dealkylation sites (tertiary alicyclic amines) is 1. The van der Waals surface area contributed by atoms with Gasteiger partial charge >= 0.3 is 12.0 Å². The average Bonchev–Trinajstić information content (AvgIpc) is 3.35. The highest BCUT2D eigenvalue weighted by Crippen LogP contribution is 2.36. The molecule has 9 nitrogen and oxygen atoms in total. The molecule has 2 saturated heterocycles. The molecular weight excluding hydrogens is 400 g/mol. The topological polar surface area (TPSA) is 101 Å². The summed E-state index contributed by atoms with van der Waals surface area (Å²) in [6.07, 6.45) is 6.29. The number of nitrogens with zero attached hydrogens (tertiary/aromatic N) is 3. The highest BCUT2D eigenvalue weighted by molar-refractivity contribution is 6.09. The van der Waals surface area contributed by atoms with Crippen molar-refractivity contribution in [1.82, 2.24) is 19.7 Å². The van der Waals surface area contributed by atoms with Crippen LogP contribution >= 0.6 is 0 Å². The summed E-state index contributed by atoms with van der Waals surface area (Å²) in [7, 11) is 1.36. The second-order valence-electron chi connectivity index (χ2n) is 8.99. The van der Waals surface area contributed by atoms with E-state index in [4.69, 9.17) is 4.74 Å². The Labute approximate surface area is 181 Å². The lowest BCUT2D eigenvalue weighted by atomic mass is 9.77. The second-order valence-corrected chi connectivity index (χ2v) is 8.99. The van der Waals surface area contributed by atoms with Gasteiger partial charge in [-0.05, 0) is 56.6 Å². The molecule has 1 saturated carbocycles. The minimum absolute atomic E-state index is 0.0948. The molecule has 0 bridgehead atoms. The molecule has 0 atom stereocenters. The first-order valence-electron chi connectivity index (χ1n) is 11.0. The van der Waals surface area contributed by atoms with Gasteiger partial charge in [-0.2, -0.15) is 0 Å². The molecule has 9 heteroatoms. The molecule has 1 N–H and O–H groups in total. The first-order valence-corrected chi connectivity index (χ1v) is 11.0. The van der Waals surface area contributed by atoms with E-state index >= 15 is 0 Å².